The number of rotatable bonds is 6. The Kier molecular flexibility index (Phi) is 5.94. The van der Waals surface area contributed by atoms with E-state index in [0.29, 0.717) is 23.0 Å². The molecule has 0 aromatic carbocycles. The molecule has 0 aliphatic heterocycles. The predicted molar refractivity (Wildman–Crippen MR) is 75.1 cm³/mol. The fraction of sp³-hybridized carbons (Fsp3) is 0.500. The Morgan fingerprint density at radius 2 is 2.10 bits per heavy atom. The molecule has 0 radical (unpaired) electrons. The lowest BCUT2D eigenvalue weighted by Gasteiger charge is -2.03. The molecule has 0 spiro atoms. The molecule has 2 aromatic heterocycles. The first-order valence-corrected chi connectivity index (χ1v) is 6.13. The van der Waals surface area contributed by atoms with Crippen LogP contribution in [0.2, 0.25) is 0 Å². The number of aromatic nitrogens is 4. The minimum Gasteiger partial charge on any atom is -0.364 e. The van der Waals surface area contributed by atoms with Crippen LogP contribution in [0.5, 0.6) is 0 Å². The van der Waals surface area contributed by atoms with Crippen molar-refractivity contribution in [1.82, 2.24) is 19.6 Å². The molecule has 0 bridgehead atoms. The number of nitrogens with one attached hydrogen (secondary N) is 1. The Hall–Kier alpha value is -1.63. The Morgan fingerprint density at radius 1 is 1.35 bits per heavy atom. The highest BCUT2D eigenvalue weighted by molar-refractivity contribution is 5.85. The highest BCUT2D eigenvalue weighted by atomic mass is 35.5. The summed E-state index contributed by atoms with van der Waals surface area (Å²) in [6, 6.07) is 1.52. The normalized spacial score (nSPS) is 10.9. The first kappa shape index (κ1) is 16.4. The van der Waals surface area contributed by atoms with Crippen LogP contribution in [0, 0.1) is 5.92 Å². The molecule has 112 valence electrons. The topological polar surface area (TPSA) is 47.7 Å². The zero-order chi connectivity index (χ0) is 13.8. The van der Waals surface area contributed by atoms with Gasteiger partial charge in [-0.1, -0.05) is 13.8 Å². The summed E-state index contributed by atoms with van der Waals surface area (Å²) in [5.74, 6) is 0.958. The largest absolute Gasteiger partial charge is 0.364 e. The van der Waals surface area contributed by atoms with Crippen LogP contribution in [0.15, 0.2) is 24.7 Å². The second kappa shape index (κ2) is 7.23. The molecule has 0 fully saturated rings. The van der Waals surface area contributed by atoms with E-state index in [-0.39, 0.29) is 12.4 Å². The summed E-state index contributed by atoms with van der Waals surface area (Å²) in [6.07, 6.45) is 4.95. The molecule has 20 heavy (non-hydrogen) atoms. The zero-order valence-electron chi connectivity index (χ0n) is 11.3. The van der Waals surface area contributed by atoms with Gasteiger partial charge in [0.05, 0.1) is 6.20 Å². The molecule has 0 atom stereocenters. The van der Waals surface area contributed by atoms with Crippen LogP contribution >= 0.6 is 12.4 Å². The van der Waals surface area contributed by atoms with Gasteiger partial charge in [0.25, 0.3) is 0 Å². The molecule has 1 N–H and O–H groups in total. The molecule has 2 aromatic rings. The van der Waals surface area contributed by atoms with E-state index < -0.39 is 6.55 Å². The van der Waals surface area contributed by atoms with Crippen LogP contribution in [0.4, 0.5) is 14.6 Å². The Labute approximate surface area is 122 Å². The number of hydrogen-bond donors (Lipinski definition) is 1. The first-order chi connectivity index (χ1) is 9.04. The minimum atomic E-state index is -2.61. The van der Waals surface area contributed by atoms with Crippen molar-refractivity contribution in [3.05, 3.63) is 30.2 Å². The molecule has 2 heterocycles. The molecule has 0 amide bonds. The maximum absolute atomic E-state index is 12.3. The van der Waals surface area contributed by atoms with Crippen molar-refractivity contribution >= 4 is 18.2 Å². The van der Waals surface area contributed by atoms with Gasteiger partial charge in [0.15, 0.2) is 0 Å². The molecule has 5 nitrogen and oxygen atoms in total. The van der Waals surface area contributed by atoms with Crippen molar-refractivity contribution in [2.75, 3.05) is 5.32 Å². The Bertz CT molecular complexity index is 523. The summed E-state index contributed by atoms with van der Waals surface area (Å²) < 4.78 is 27.1. The molecule has 0 saturated heterocycles. The number of alkyl halides is 2. The highest BCUT2D eigenvalue weighted by Crippen LogP contribution is 2.12. The third kappa shape index (κ3) is 4.48. The summed E-state index contributed by atoms with van der Waals surface area (Å²) in [5, 5.41) is 10.9. The number of hydrogen-bond acceptors (Lipinski definition) is 3. The van der Waals surface area contributed by atoms with E-state index in [1.807, 2.05) is 10.9 Å². The van der Waals surface area contributed by atoms with Crippen molar-refractivity contribution in [1.29, 1.82) is 0 Å². The molecule has 0 aliphatic carbocycles. The second-order valence-corrected chi connectivity index (χ2v) is 4.78. The summed E-state index contributed by atoms with van der Waals surface area (Å²) in [7, 11) is 0. The van der Waals surface area contributed by atoms with E-state index >= 15 is 0 Å². The smallest absolute Gasteiger partial charge is 0.333 e. The predicted octanol–water partition coefficient (Wildman–Crippen LogP) is 3.16. The minimum absolute atomic E-state index is 0. The monoisotopic (exact) mass is 305 g/mol. The van der Waals surface area contributed by atoms with Crippen molar-refractivity contribution < 1.29 is 8.78 Å². The molecule has 0 unspecified atom stereocenters. The van der Waals surface area contributed by atoms with Gasteiger partial charge >= 0.3 is 6.55 Å². The molecular formula is C12H18ClF2N5. The maximum Gasteiger partial charge on any atom is 0.333 e. The van der Waals surface area contributed by atoms with Gasteiger partial charge in [0.1, 0.15) is 5.82 Å². The van der Waals surface area contributed by atoms with Crippen LogP contribution in [0.25, 0.3) is 0 Å². The van der Waals surface area contributed by atoms with Crippen molar-refractivity contribution in [2.24, 2.45) is 5.92 Å². The zero-order valence-corrected chi connectivity index (χ0v) is 12.1. The SMILES string of the molecule is CC(C)Cn1cc(CNc2ccn(C(F)F)n2)cn1.Cl. The van der Waals surface area contributed by atoms with E-state index in [9.17, 15) is 8.78 Å². The summed E-state index contributed by atoms with van der Waals surface area (Å²) >= 11 is 0. The van der Waals surface area contributed by atoms with Gasteiger partial charge in [-0.15, -0.1) is 12.4 Å². The van der Waals surface area contributed by atoms with Crippen LogP contribution < -0.4 is 5.32 Å². The fourth-order valence-corrected chi connectivity index (χ4v) is 1.71. The van der Waals surface area contributed by atoms with E-state index in [0.717, 1.165) is 12.1 Å². The van der Waals surface area contributed by atoms with E-state index in [4.69, 9.17) is 0 Å². The van der Waals surface area contributed by atoms with Crippen molar-refractivity contribution in [3.8, 4) is 0 Å². The van der Waals surface area contributed by atoms with Crippen molar-refractivity contribution in [3.63, 3.8) is 0 Å². The highest BCUT2D eigenvalue weighted by Gasteiger charge is 2.07. The Morgan fingerprint density at radius 3 is 2.70 bits per heavy atom. The number of nitrogens with zero attached hydrogens (tertiary/aromatic N) is 4. The molecule has 8 heteroatoms. The molecule has 0 saturated carbocycles. The van der Waals surface area contributed by atoms with Gasteiger partial charge in [0, 0.05) is 37.1 Å². The van der Waals surface area contributed by atoms with Crippen LogP contribution in [0.3, 0.4) is 0 Å². The molecule has 2 rings (SSSR count). The third-order valence-corrected chi connectivity index (χ3v) is 2.52. The fourth-order valence-electron chi connectivity index (χ4n) is 1.71. The van der Waals surface area contributed by atoms with E-state index in [1.54, 1.807) is 6.20 Å². The second-order valence-electron chi connectivity index (χ2n) is 4.78. The van der Waals surface area contributed by atoms with Crippen LogP contribution in [-0.4, -0.2) is 19.6 Å². The van der Waals surface area contributed by atoms with Crippen molar-refractivity contribution in [2.45, 2.75) is 33.5 Å². The summed E-state index contributed by atoms with van der Waals surface area (Å²) in [6.45, 7) is 3.01. The average molecular weight is 306 g/mol. The third-order valence-electron chi connectivity index (χ3n) is 2.52. The standard InChI is InChI=1S/C12H17F2N5.ClH/c1-9(2)7-18-8-10(6-16-18)5-15-11-3-4-19(17-11)12(13)14;/h3-4,6,8-9,12H,5,7H2,1-2H3,(H,15,17);1H. The van der Waals surface area contributed by atoms with E-state index in [2.05, 4.69) is 29.4 Å². The average Bonchev–Trinajstić information content (AvgIpc) is 2.94. The summed E-state index contributed by atoms with van der Waals surface area (Å²) in [5.41, 5.74) is 0.993. The van der Waals surface area contributed by atoms with Crippen LogP contribution in [0.1, 0.15) is 26.0 Å². The van der Waals surface area contributed by atoms with Gasteiger partial charge in [-0.05, 0) is 5.92 Å². The van der Waals surface area contributed by atoms with Gasteiger partial charge in [-0.2, -0.15) is 19.0 Å². The van der Waals surface area contributed by atoms with Gasteiger partial charge in [0.2, 0.25) is 0 Å². The lowest BCUT2D eigenvalue weighted by atomic mass is 10.2. The lowest BCUT2D eigenvalue weighted by Crippen LogP contribution is -2.05. The number of halogens is 3. The van der Waals surface area contributed by atoms with Gasteiger partial charge in [-0.3, -0.25) is 4.68 Å². The summed E-state index contributed by atoms with van der Waals surface area (Å²) in [4.78, 5) is 0. The Balaban J connectivity index is 0.00000200. The number of anilines is 1. The molecular weight excluding hydrogens is 288 g/mol. The van der Waals surface area contributed by atoms with E-state index in [1.165, 1.54) is 12.3 Å². The quantitative estimate of drug-likeness (QED) is 0.892. The first-order valence-electron chi connectivity index (χ1n) is 6.13. The van der Waals surface area contributed by atoms with Crippen LogP contribution in [-0.2, 0) is 13.1 Å². The maximum atomic E-state index is 12.3. The lowest BCUT2D eigenvalue weighted by molar-refractivity contribution is 0.0569. The molecule has 0 aliphatic rings. The van der Waals surface area contributed by atoms with Gasteiger partial charge < -0.3 is 5.32 Å². The van der Waals surface area contributed by atoms with Gasteiger partial charge in [-0.25, -0.2) is 4.68 Å².